The van der Waals surface area contributed by atoms with E-state index in [1.54, 1.807) is 36.3 Å². The highest BCUT2D eigenvalue weighted by Gasteiger charge is 2.35. The molecule has 6 heteroatoms. The first-order chi connectivity index (χ1) is 14.0. The Labute approximate surface area is 170 Å². The van der Waals surface area contributed by atoms with Crippen molar-refractivity contribution in [2.24, 2.45) is 0 Å². The number of carbonyl (C=O) groups is 3. The molecule has 2 aromatic rings. The van der Waals surface area contributed by atoms with Crippen molar-refractivity contribution in [1.82, 2.24) is 4.90 Å². The van der Waals surface area contributed by atoms with Gasteiger partial charge in [0.2, 0.25) is 5.91 Å². The topological polar surface area (TPSA) is 66.9 Å². The van der Waals surface area contributed by atoms with Crippen LogP contribution in [0.5, 0.6) is 5.75 Å². The number of fused-ring (bicyclic) bond motifs is 2. The molecule has 0 atom stereocenters. The highest BCUT2D eigenvalue weighted by Crippen LogP contribution is 2.38. The van der Waals surface area contributed by atoms with Crippen LogP contribution in [0.4, 0.5) is 5.69 Å². The van der Waals surface area contributed by atoms with Crippen LogP contribution in [0.3, 0.4) is 0 Å². The molecular weight excluding hydrogens is 368 g/mol. The summed E-state index contributed by atoms with van der Waals surface area (Å²) in [7, 11) is 1.62. The predicted molar refractivity (Wildman–Crippen MR) is 109 cm³/mol. The van der Waals surface area contributed by atoms with Crippen LogP contribution in [0.25, 0.3) is 0 Å². The van der Waals surface area contributed by atoms with Crippen LogP contribution in [-0.4, -0.2) is 42.8 Å². The lowest BCUT2D eigenvalue weighted by molar-refractivity contribution is -0.118. The molecule has 0 saturated carbocycles. The lowest BCUT2D eigenvalue weighted by Crippen LogP contribution is -2.37. The van der Waals surface area contributed by atoms with E-state index in [-0.39, 0.29) is 30.7 Å². The van der Waals surface area contributed by atoms with Crippen LogP contribution in [0.2, 0.25) is 0 Å². The second-order valence-corrected chi connectivity index (χ2v) is 7.47. The number of anilines is 1. The van der Waals surface area contributed by atoms with Crippen molar-refractivity contribution in [3.05, 3.63) is 58.7 Å². The zero-order valence-electron chi connectivity index (χ0n) is 16.7. The lowest BCUT2D eigenvalue weighted by atomic mass is 9.96. The number of carbonyl (C=O) groups excluding carboxylic acids is 3. The number of rotatable bonds is 5. The average molecular weight is 392 g/mol. The first-order valence-electron chi connectivity index (χ1n) is 9.95. The fraction of sp³-hybridized carbons (Fsp3) is 0.348. The number of benzene rings is 2. The summed E-state index contributed by atoms with van der Waals surface area (Å²) < 4.78 is 5.51. The number of hydrogen-bond donors (Lipinski definition) is 0. The SMILES string of the molecule is COc1ccc(C)c2c1N(C(=O)CCCN1C(=O)c3ccccc3C1=O)CCC2. The quantitative estimate of drug-likeness (QED) is 0.732. The standard InChI is InChI=1S/C23H24N2O4/c1-15-11-12-19(29-2)21-16(15)9-5-13-24(21)20(26)10-6-14-25-22(27)17-7-3-4-8-18(17)23(25)28/h3-4,7-8,11-12H,5-6,9-10,13-14H2,1-2H3. The molecule has 150 valence electrons. The van der Waals surface area contributed by atoms with Gasteiger partial charge in [0.25, 0.3) is 11.8 Å². The molecule has 29 heavy (non-hydrogen) atoms. The molecule has 0 aromatic heterocycles. The van der Waals surface area contributed by atoms with E-state index >= 15 is 0 Å². The molecule has 2 aromatic carbocycles. The number of methoxy groups -OCH3 is 1. The zero-order chi connectivity index (χ0) is 20.5. The van der Waals surface area contributed by atoms with E-state index in [0.29, 0.717) is 29.8 Å². The van der Waals surface area contributed by atoms with Crippen molar-refractivity contribution in [3.63, 3.8) is 0 Å². The minimum atomic E-state index is -0.279. The van der Waals surface area contributed by atoms with Gasteiger partial charge in [-0.1, -0.05) is 18.2 Å². The molecule has 6 nitrogen and oxygen atoms in total. The maximum Gasteiger partial charge on any atom is 0.261 e. The van der Waals surface area contributed by atoms with Gasteiger partial charge < -0.3 is 9.64 Å². The third kappa shape index (κ3) is 3.28. The zero-order valence-corrected chi connectivity index (χ0v) is 16.7. The Kier molecular flexibility index (Phi) is 5.09. The third-order valence-corrected chi connectivity index (χ3v) is 5.73. The van der Waals surface area contributed by atoms with E-state index in [4.69, 9.17) is 4.74 Å². The van der Waals surface area contributed by atoms with Crippen molar-refractivity contribution in [3.8, 4) is 5.75 Å². The first-order valence-corrected chi connectivity index (χ1v) is 9.95. The van der Waals surface area contributed by atoms with E-state index in [1.807, 2.05) is 12.1 Å². The van der Waals surface area contributed by atoms with E-state index < -0.39 is 0 Å². The monoisotopic (exact) mass is 392 g/mol. The van der Waals surface area contributed by atoms with Crippen molar-refractivity contribution >= 4 is 23.4 Å². The second-order valence-electron chi connectivity index (χ2n) is 7.47. The molecule has 0 spiro atoms. The molecule has 2 heterocycles. The highest BCUT2D eigenvalue weighted by atomic mass is 16.5. The van der Waals surface area contributed by atoms with Crippen molar-refractivity contribution < 1.29 is 19.1 Å². The minimum absolute atomic E-state index is 0.00791. The van der Waals surface area contributed by atoms with Crippen LogP contribution in [0.1, 0.15) is 51.1 Å². The molecule has 2 aliphatic rings. The van der Waals surface area contributed by atoms with Gasteiger partial charge in [-0.15, -0.1) is 0 Å². The Hall–Kier alpha value is -3.15. The van der Waals surface area contributed by atoms with Gasteiger partial charge >= 0.3 is 0 Å². The predicted octanol–water partition coefficient (Wildman–Crippen LogP) is 3.36. The Morgan fingerprint density at radius 1 is 1.07 bits per heavy atom. The summed E-state index contributed by atoms with van der Waals surface area (Å²) in [6, 6.07) is 10.8. The molecule has 4 rings (SSSR count). The Balaban J connectivity index is 1.44. The van der Waals surface area contributed by atoms with Gasteiger partial charge in [0.1, 0.15) is 5.75 Å². The van der Waals surface area contributed by atoms with E-state index in [0.717, 1.165) is 29.7 Å². The van der Waals surface area contributed by atoms with Gasteiger partial charge in [0.05, 0.1) is 23.9 Å². The number of amides is 3. The number of hydrogen-bond acceptors (Lipinski definition) is 4. The highest BCUT2D eigenvalue weighted by molar-refractivity contribution is 6.21. The number of ether oxygens (including phenoxy) is 1. The maximum atomic E-state index is 13.0. The Morgan fingerprint density at radius 2 is 1.76 bits per heavy atom. The van der Waals surface area contributed by atoms with Crippen LogP contribution in [0.15, 0.2) is 36.4 Å². The fourth-order valence-electron chi connectivity index (χ4n) is 4.23. The molecule has 0 saturated heterocycles. The summed E-state index contributed by atoms with van der Waals surface area (Å²) in [4.78, 5) is 40.9. The summed E-state index contributed by atoms with van der Waals surface area (Å²) in [6.07, 6.45) is 2.54. The van der Waals surface area contributed by atoms with Crippen molar-refractivity contribution in [2.75, 3.05) is 25.1 Å². The fourth-order valence-corrected chi connectivity index (χ4v) is 4.23. The molecule has 3 amide bonds. The molecule has 0 fully saturated rings. The number of nitrogens with zero attached hydrogens (tertiary/aromatic N) is 2. The number of aryl methyl sites for hydroxylation is 1. The molecule has 0 radical (unpaired) electrons. The van der Waals surface area contributed by atoms with E-state index in [1.165, 1.54) is 4.90 Å². The van der Waals surface area contributed by atoms with Crippen LogP contribution < -0.4 is 9.64 Å². The largest absolute Gasteiger partial charge is 0.495 e. The van der Waals surface area contributed by atoms with Crippen molar-refractivity contribution in [1.29, 1.82) is 0 Å². The van der Waals surface area contributed by atoms with Crippen LogP contribution in [0, 0.1) is 6.92 Å². The molecule has 2 aliphatic heterocycles. The normalized spacial score (nSPS) is 15.4. The summed E-state index contributed by atoms with van der Waals surface area (Å²) in [5, 5.41) is 0. The maximum absolute atomic E-state index is 13.0. The van der Waals surface area contributed by atoms with Gasteiger partial charge in [0, 0.05) is 19.5 Å². The van der Waals surface area contributed by atoms with Crippen LogP contribution in [-0.2, 0) is 11.2 Å². The summed E-state index contributed by atoms with van der Waals surface area (Å²) in [5.41, 5.74) is 4.06. The molecule has 0 aliphatic carbocycles. The lowest BCUT2D eigenvalue weighted by Gasteiger charge is -2.32. The summed E-state index contributed by atoms with van der Waals surface area (Å²) in [5.74, 6) is 0.141. The van der Waals surface area contributed by atoms with Gasteiger partial charge in [-0.05, 0) is 55.5 Å². The van der Waals surface area contributed by atoms with Crippen LogP contribution >= 0.6 is 0 Å². The molecule has 0 N–H and O–H groups in total. The van der Waals surface area contributed by atoms with E-state index in [9.17, 15) is 14.4 Å². The second kappa shape index (κ2) is 7.70. The Bertz CT molecular complexity index is 963. The van der Waals surface area contributed by atoms with Crippen molar-refractivity contribution in [2.45, 2.75) is 32.6 Å². The van der Waals surface area contributed by atoms with Gasteiger partial charge in [-0.25, -0.2) is 0 Å². The number of imide groups is 1. The first kappa shape index (κ1) is 19.2. The molecule has 0 bridgehead atoms. The third-order valence-electron chi connectivity index (χ3n) is 5.73. The van der Waals surface area contributed by atoms with Gasteiger partial charge in [0.15, 0.2) is 0 Å². The average Bonchev–Trinajstić information content (AvgIpc) is 2.99. The smallest absolute Gasteiger partial charge is 0.261 e. The molecular formula is C23H24N2O4. The summed E-state index contributed by atoms with van der Waals surface area (Å²) >= 11 is 0. The minimum Gasteiger partial charge on any atom is -0.495 e. The molecule has 0 unspecified atom stereocenters. The van der Waals surface area contributed by atoms with E-state index in [2.05, 4.69) is 6.92 Å². The van der Waals surface area contributed by atoms with Gasteiger partial charge in [-0.3, -0.25) is 19.3 Å². The Morgan fingerprint density at radius 3 is 2.41 bits per heavy atom. The van der Waals surface area contributed by atoms with Gasteiger partial charge in [-0.2, -0.15) is 0 Å². The summed E-state index contributed by atoms with van der Waals surface area (Å²) in [6.45, 7) is 2.94.